The Hall–Kier alpha value is -3.97. The molecule has 4 rings (SSSR count). The van der Waals surface area contributed by atoms with Crippen LogP contribution in [0.2, 0.25) is 0 Å². The van der Waals surface area contributed by atoms with Gasteiger partial charge in [0.05, 0.1) is 5.39 Å². The van der Waals surface area contributed by atoms with Crippen molar-refractivity contribution in [3.63, 3.8) is 0 Å². The van der Waals surface area contributed by atoms with E-state index in [0.717, 1.165) is 42.7 Å². The van der Waals surface area contributed by atoms with Gasteiger partial charge in [0.1, 0.15) is 5.82 Å². The molecule has 2 aromatic heterocycles. The molecule has 0 saturated carbocycles. The molecule has 0 atom stereocenters. The van der Waals surface area contributed by atoms with Crippen LogP contribution in [0.4, 0.5) is 11.5 Å². The average Bonchev–Trinajstić information content (AvgIpc) is 2.83. The maximum Gasteiger partial charge on any atom is 0.384 e. The van der Waals surface area contributed by atoms with Crippen LogP contribution in [-0.2, 0) is 6.54 Å². The van der Waals surface area contributed by atoms with Crippen molar-refractivity contribution in [1.82, 2.24) is 19.6 Å². The first-order valence-electron chi connectivity index (χ1n) is 10.9. The van der Waals surface area contributed by atoms with E-state index >= 15 is 0 Å². The van der Waals surface area contributed by atoms with Crippen molar-refractivity contribution in [3.8, 4) is 11.1 Å². The fourth-order valence-electron chi connectivity index (χ4n) is 3.80. The summed E-state index contributed by atoms with van der Waals surface area (Å²) in [5.74, 6) is 0.348. The maximum atomic E-state index is 12.1. The molecule has 168 valence electrons. The van der Waals surface area contributed by atoms with E-state index in [1.807, 2.05) is 24.3 Å². The lowest BCUT2D eigenvalue weighted by Gasteiger charge is -2.17. The Balaban J connectivity index is 1.57. The molecule has 0 spiro atoms. The van der Waals surface area contributed by atoms with E-state index in [2.05, 4.69) is 64.1 Å². The monoisotopic (exact) mass is 441 g/mol. The van der Waals surface area contributed by atoms with Crippen LogP contribution >= 0.6 is 0 Å². The number of anilines is 2. The molecular weight excluding hydrogens is 414 g/mol. The van der Waals surface area contributed by atoms with Crippen molar-refractivity contribution in [2.75, 3.05) is 18.9 Å². The third-order valence-electron chi connectivity index (χ3n) is 5.42. The van der Waals surface area contributed by atoms with E-state index in [4.69, 9.17) is 0 Å². The van der Waals surface area contributed by atoms with Crippen molar-refractivity contribution < 1.29 is 5.21 Å². The summed E-state index contributed by atoms with van der Waals surface area (Å²) >= 11 is 0. The Labute approximate surface area is 192 Å². The standard InChI is InChI=1S/C26H27N5O2/c1-3-4-5-15-30(2)18-19-9-6-10-20(16-19)21-11-7-12-22(17-21)28-24-23-13-8-14-27-25(23)31(33)26(32)29-24/h3,6-14,16-17,33H,1,4-5,15,18H2,2H3,(H,28,29,32). The number of nitrogens with one attached hydrogen (secondary N) is 1. The van der Waals surface area contributed by atoms with Crippen LogP contribution in [0.1, 0.15) is 18.4 Å². The van der Waals surface area contributed by atoms with Crippen LogP contribution < -0.4 is 11.0 Å². The second-order valence-corrected chi connectivity index (χ2v) is 8.00. The normalized spacial score (nSPS) is 11.1. The Bertz CT molecular complexity index is 1330. The van der Waals surface area contributed by atoms with E-state index in [1.165, 1.54) is 11.8 Å². The van der Waals surface area contributed by atoms with Crippen LogP contribution in [0.25, 0.3) is 22.2 Å². The third-order valence-corrected chi connectivity index (χ3v) is 5.42. The van der Waals surface area contributed by atoms with Crippen LogP contribution in [0, 0.1) is 0 Å². The zero-order valence-electron chi connectivity index (χ0n) is 18.6. The van der Waals surface area contributed by atoms with Gasteiger partial charge in [0.15, 0.2) is 5.65 Å². The Morgan fingerprint density at radius 1 is 1.12 bits per heavy atom. The van der Waals surface area contributed by atoms with E-state index in [0.29, 0.717) is 15.9 Å². The molecule has 0 amide bonds. The van der Waals surface area contributed by atoms with E-state index in [1.54, 1.807) is 12.1 Å². The smallest absolute Gasteiger partial charge is 0.384 e. The molecule has 33 heavy (non-hydrogen) atoms. The molecule has 0 aliphatic rings. The quantitative estimate of drug-likeness (QED) is 0.220. The number of fused-ring (bicyclic) bond motifs is 1. The van der Waals surface area contributed by atoms with Crippen molar-refractivity contribution in [3.05, 3.63) is 95.6 Å². The largest absolute Gasteiger partial charge is 0.422 e. The number of rotatable bonds is 9. The Morgan fingerprint density at radius 3 is 2.73 bits per heavy atom. The molecule has 0 radical (unpaired) electrons. The first-order chi connectivity index (χ1) is 16.0. The highest BCUT2D eigenvalue weighted by molar-refractivity contribution is 5.88. The number of pyridine rings is 1. The van der Waals surface area contributed by atoms with Crippen LogP contribution in [0.5, 0.6) is 0 Å². The van der Waals surface area contributed by atoms with Crippen molar-refractivity contribution in [1.29, 1.82) is 0 Å². The van der Waals surface area contributed by atoms with Crippen LogP contribution in [0.15, 0.2) is 84.3 Å². The number of hydrogen-bond donors (Lipinski definition) is 2. The fraction of sp³-hybridized carbons (Fsp3) is 0.192. The Morgan fingerprint density at radius 2 is 1.91 bits per heavy atom. The molecule has 0 fully saturated rings. The lowest BCUT2D eigenvalue weighted by molar-refractivity contribution is 0.182. The number of unbranched alkanes of at least 4 members (excludes halogenated alkanes) is 1. The second-order valence-electron chi connectivity index (χ2n) is 8.00. The molecule has 0 saturated heterocycles. The summed E-state index contributed by atoms with van der Waals surface area (Å²) in [5.41, 5.74) is 3.56. The molecule has 7 heteroatoms. The van der Waals surface area contributed by atoms with E-state index < -0.39 is 5.69 Å². The molecule has 2 heterocycles. The summed E-state index contributed by atoms with van der Waals surface area (Å²) in [6.07, 6.45) is 5.60. The van der Waals surface area contributed by atoms with Gasteiger partial charge in [0, 0.05) is 18.4 Å². The molecule has 0 bridgehead atoms. The van der Waals surface area contributed by atoms with Gasteiger partial charge in [-0.1, -0.05) is 36.4 Å². The minimum absolute atomic E-state index is 0.154. The number of benzene rings is 2. The zero-order chi connectivity index (χ0) is 23.2. The van der Waals surface area contributed by atoms with Crippen LogP contribution in [-0.4, -0.2) is 38.4 Å². The molecule has 0 unspecified atom stereocenters. The molecule has 4 aromatic rings. The summed E-state index contributed by atoms with van der Waals surface area (Å²) in [4.78, 5) is 22.4. The molecule has 2 aromatic carbocycles. The fourth-order valence-corrected chi connectivity index (χ4v) is 3.80. The molecule has 0 aliphatic heterocycles. The van der Waals surface area contributed by atoms with Crippen molar-refractivity contribution in [2.45, 2.75) is 19.4 Å². The minimum Gasteiger partial charge on any atom is -0.422 e. The van der Waals surface area contributed by atoms with Gasteiger partial charge in [0.25, 0.3) is 0 Å². The van der Waals surface area contributed by atoms with Gasteiger partial charge >= 0.3 is 5.69 Å². The van der Waals surface area contributed by atoms with Gasteiger partial charge in [-0.05, 0) is 73.5 Å². The summed E-state index contributed by atoms with van der Waals surface area (Å²) < 4.78 is 0.455. The average molecular weight is 442 g/mol. The summed E-state index contributed by atoms with van der Waals surface area (Å²) in [6, 6.07) is 19.9. The number of allylic oxidation sites excluding steroid dienone is 1. The van der Waals surface area contributed by atoms with Gasteiger partial charge in [0.2, 0.25) is 0 Å². The third kappa shape index (κ3) is 5.27. The first-order valence-corrected chi connectivity index (χ1v) is 10.9. The summed E-state index contributed by atoms with van der Waals surface area (Å²) in [5, 5.41) is 13.7. The predicted molar refractivity (Wildman–Crippen MR) is 132 cm³/mol. The van der Waals surface area contributed by atoms with Gasteiger partial charge in [-0.3, -0.25) is 0 Å². The van der Waals surface area contributed by atoms with Crippen LogP contribution in [0.3, 0.4) is 0 Å². The Kier molecular flexibility index (Phi) is 6.80. The first kappa shape index (κ1) is 22.2. The second kappa shape index (κ2) is 10.1. The van der Waals surface area contributed by atoms with Gasteiger partial charge in [-0.15, -0.1) is 11.3 Å². The molecule has 0 aliphatic carbocycles. The lowest BCUT2D eigenvalue weighted by atomic mass is 10.0. The van der Waals surface area contributed by atoms with Crippen molar-refractivity contribution in [2.24, 2.45) is 0 Å². The van der Waals surface area contributed by atoms with Crippen molar-refractivity contribution >= 4 is 22.5 Å². The van der Waals surface area contributed by atoms with E-state index in [-0.39, 0.29) is 5.65 Å². The minimum atomic E-state index is -0.787. The molecular formula is C26H27N5O2. The highest BCUT2D eigenvalue weighted by Crippen LogP contribution is 2.27. The number of aromatic nitrogens is 3. The summed E-state index contributed by atoms with van der Waals surface area (Å²) in [7, 11) is 2.13. The molecule has 7 nitrogen and oxygen atoms in total. The predicted octanol–water partition coefficient (Wildman–Crippen LogP) is 4.84. The summed E-state index contributed by atoms with van der Waals surface area (Å²) in [6.45, 7) is 5.69. The SMILES string of the molecule is C=CCCCN(C)Cc1cccc(-c2cccc(Nc3nc(=O)n(O)c4ncccc34)c2)c1. The highest BCUT2D eigenvalue weighted by atomic mass is 16.5. The van der Waals surface area contributed by atoms with Gasteiger partial charge < -0.3 is 15.4 Å². The maximum absolute atomic E-state index is 12.1. The van der Waals surface area contributed by atoms with E-state index in [9.17, 15) is 10.0 Å². The number of hydrogen-bond acceptors (Lipinski definition) is 6. The van der Waals surface area contributed by atoms with Gasteiger partial charge in [-0.2, -0.15) is 4.98 Å². The number of nitrogens with zero attached hydrogens (tertiary/aromatic N) is 4. The zero-order valence-corrected chi connectivity index (χ0v) is 18.6. The highest BCUT2D eigenvalue weighted by Gasteiger charge is 2.11. The molecule has 2 N–H and O–H groups in total. The topological polar surface area (TPSA) is 83.3 Å². The van der Waals surface area contributed by atoms with Gasteiger partial charge in [-0.25, -0.2) is 9.78 Å². The lowest BCUT2D eigenvalue weighted by Crippen LogP contribution is -2.23.